The maximum atomic E-state index is 12.5. The van der Waals surface area contributed by atoms with Crippen molar-refractivity contribution >= 4 is 17.2 Å². The van der Waals surface area contributed by atoms with Gasteiger partial charge in [-0.25, -0.2) is 0 Å². The second-order valence-electron chi connectivity index (χ2n) is 4.71. The summed E-state index contributed by atoms with van der Waals surface area (Å²) in [5, 5.41) is 4.04. The quantitative estimate of drug-likeness (QED) is 0.929. The molecule has 0 atom stereocenters. The van der Waals surface area contributed by atoms with Crippen molar-refractivity contribution in [1.82, 2.24) is 9.88 Å². The average Bonchev–Trinajstić information content (AvgIpc) is 3.13. The van der Waals surface area contributed by atoms with Gasteiger partial charge in [0.2, 0.25) is 0 Å². The second kappa shape index (κ2) is 5.01. The van der Waals surface area contributed by atoms with Gasteiger partial charge in [-0.1, -0.05) is 0 Å². The largest absolute Gasteiger partial charge is 0.331 e. The van der Waals surface area contributed by atoms with Crippen molar-refractivity contribution in [3.05, 3.63) is 56.6 Å². The van der Waals surface area contributed by atoms with Crippen LogP contribution in [-0.2, 0) is 6.54 Å². The van der Waals surface area contributed by atoms with Gasteiger partial charge in [0.05, 0.1) is 0 Å². The number of nitrogens with zero attached hydrogens (tertiary/aromatic N) is 1. The molecule has 1 saturated carbocycles. The molecule has 2 aromatic rings. The number of thiophene rings is 1. The van der Waals surface area contributed by atoms with Crippen molar-refractivity contribution < 1.29 is 4.79 Å². The Kier molecular flexibility index (Phi) is 3.21. The number of rotatable bonds is 4. The van der Waals surface area contributed by atoms with E-state index in [9.17, 15) is 9.59 Å². The zero-order valence-electron chi connectivity index (χ0n) is 10.3. The lowest BCUT2D eigenvalue weighted by Gasteiger charge is -2.21. The molecule has 0 bridgehead atoms. The zero-order valence-corrected chi connectivity index (χ0v) is 11.2. The summed E-state index contributed by atoms with van der Waals surface area (Å²) in [5.74, 6) is -0.171. The SMILES string of the molecule is O=C(c1ccc[nH]c1=O)N(Cc1ccsc1)C1CC1. The van der Waals surface area contributed by atoms with Crippen LogP contribution in [0, 0.1) is 0 Å². The van der Waals surface area contributed by atoms with Gasteiger partial charge in [0, 0.05) is 18.8 Å². The molecule has 3 rings (SSSR count). The van der Waals surface area contributed by atoms with Gasteiger partial charge in [-0.2, -0.15) is 11.3 Å². The molecule has 1 fully saturated rings. The van der Waals surface area contributed by atoms with E-state index in [1.807, 2.05) is 21.7 Å². The first-order chi connectivity index (χ1) is 9.25. The number of carbonyl (C=O) groups is 1. The topological polar surface area (TPSA) is 53.2 Å². The number of aromatic nitrogens is 1. The molecule has 0 spiro atoms. The molecular formula is C14H14N2O2S. The van der Waals surface area contributed by atoms with Crippen LogP contribution in [-0.4, -0.2) is 21.8 Å². The van der Waals surface area contributed by atoms with Crippen LogP contribution < -0.4 is 5.56 Å². The van der Waals surface area contributed by atoms with Crippen LogP contribution in [0.3, 0.4) is 0 Å². The fourth-order valence-corrected chi connectivity index (χ4v) is 2.74. The summed E-state index contributed by atoms with van der Waals surface area (Å²) in [4.78, 5) is 28.6. The van der Waals surface area contributed by atoms with Gasteiger partial charge >= 0.3 is 0 Å². The number of H-pyrrole nitrogens is 1. The van der Waals surface area contributed by atoms with E-state index >= 15 is 0 Å². The van der Waals surface area contributed by atoms with Crippen molar-refractivity contribution in [2.24, 2.45) is 0 Å². The molecule has 2 heterocycles. The van der Waals surface area contributed by atoms with E-state index in [2.05, 4.69) is 4.98 Å². The van der Waals surface area contributed by atoms with Gasteiger partial charge in [0.15, 0.2) is 0 Å². The molecule has 1 N–H and O–H groups in total. The number of hydrogen-bond acceptors (Lipinski definition) is 3. The third kappa shape index (κ3) is 2.61. The summed E-state index contributed by atoms with van der Waals surface area (Å²) in [6.45, 7) is 0.585. The molecule has 0 unspecified atom stereocenters. The smallest absolute Gasteiger partial charge is 0.260 e. The number of carbonyl (C=O) groups excluding carboxylic acids is 1. The van der Waals surface area contributed by atoms with Gasteiger partial charge in [0.1, 0.15) is 5.56 Å². The first kappa shape index (κ1) is 12.2. The molecule has 5 heteroatoms. The molecule has 1 amide bonds. The van der Waals surface area contributed by atoms with Crippen LogP contribution in [0.5, 0.6) is 0 Å². The van der Waals surface area contributed by atoms with Gasteiger partial charge < -0.3 is 9.88 Å². The third-order valence-corrected chi connectivity index (χ3v) is 3.96. The van der Waals surface area contributed by atoms with E-state index < -0.39 is 0 Å². The summed E-state index contributed by atoms with van der Waals surface area (Å²) in [6, 6.07) is 5.57. The Labute approximate surface area is 114 Å². The first-order valence-corrected chi connectivity index (χ1v) is 7.20. The standard InChI is InChI=1S/C14H14N2O2S/c17-13-12(2-1-6-15-13)14(18)16(11-3-4-11)8-10-5-7-19-9-10/h1-2,5-7,9,11H,3-4,8H2,(H,15,17). The van der Waals surface area contributed by atoms with Crippen molar-refractivity contribution in [2.45, 2.75) is 25.4 Å². The monoisotopic (exact) mass is 274 g/mol. The Morgan fingerprint density at radius 1 is 1.42 bits per heavy atom. The Bertz CT molecular complexity index is 629. The lowest BCUT2D eigenvalue weighted by molar-refractivity contribution is 0.0728. The Morgan fingerprint density at radius 2 is 2.26 bits per heavy atom. The highest BCUT2D eigenvalue weighted by atomic mass is 32.1. The Balaban J connectivity index is 1.86. The Morgan fingerprint density at radius 3 is 2.89 bits per heavy atom. The minimum absolute atomic E-state index is 0.171. The minimum Gasteiger partial charge on any atom is -0.331 e. The maximum absolute atomic E-state index is 12.5. The highest BCUT2D eigenvalue weighted by molar-refractivity contribution is 7.07. The normalized spacial score (nSPS) is 14.3. The molecule has 19 heavy (non-hydrogen) atoms. The molecule has 1 aliphatic rings. The van der Waals surface area contributed by atoms with Crippen molar-refractivity contribution in [3.63, 3.8) is 0 Å². The number of nitrogens with one attached hydrogen (secondary N) is 1. The van der Waals surface area contributed by atoms with Crippen LogP contribution in [0.25, 0.3) is 0 Å². The number of aromatic amines is 1. The molecule has 0 aliphatic heterocycles. The summed E-state index contributed by atoms with van der Waals surface area (Å²) in [7, 11) is 0. The van der Waals surface area contributed by atoms with E-state index in [0.29, 0.717) is 6.54 Å². The van der Waals surface area contributed by atoms with Crippen LogP contribution in [0.2, 0.25) is 0 Å². The molecule has 0 aromatic carbocycles. The van der Waals surface area contributed by atoms with Gasteiger partial charge in [-0.3, -0.25) is 9.59 Å². The fraction of sp³-hybridized carbons (Fsp3) is 0.286. The van der Waals surface area contributed by atoms with Crippen LogP contribution in [0.15, 0.2) is 40.0 Å². The summed E-state index contributed by atoms with van der Waals surface area (Å²) in [5.41, 5.74) is 1.03. The third-order valence-electron chi connectivity index (χ3n) is 3.23. The van der Waals surface area contributed by atoms with E-state index in [4.69, 9.17) is 0 Å². The Hall–Kier alpha value is -1.88. The molecule has 4 nitrogen and oxygen atoms in total. The molecule has 2 aromatic heterocycles. The van der Waals surface area contributed by atoms with Crippen molar-refractivity contribution in [3.8, 4) is 0 Å². The van der Waals surface area contributed by atoms with Crippen molar-refractivity contribution in [2.75, 3.05) is 0 Å². The van der Waals surface area contributed by atoms with E-state index in [1.54, 1.807) is 29.7 Å². The number of hydrogen-bond donors (Lipinski definition) is 1. The molecular weight excluding hydrogens is 260 g/mol. The summed E-state index contributed by atoms with van der Waals surface area (Å²) < 4.78 is 0. The molecule has 0 radical (unpaired) electrons. The fourth-order valence-electron chi connectivity index (χ4n) is 2.08. The predicted octanol–water partition coefficient (Wildman–Crippen LogP) is 2.24. The van der Waals surface area contributed by atoms with Crippen LogP contribution in [0.4, 0.5) is 0 Å². The summed E-state index contributed by atoms with van der Waals surface area (Å²) >= 11 is 1.62. The zero-order chi connectivity index (χ0) is 13.2. The molecule has 98 valence electrons. The first-order valence-electron chi connectivity index (χ1n) is 6.25. The highest BCUT2D eigenvalue weighted by Crippen LogP contribution is 2.29. The van der Waals surface area contributed by atoms with E-state index in [-0.39, 0.29) is 23.1 Å². The average molecular weight is 274 g/mol. The molecule has 0 saturated heterocycles. The van der Waals surface area contributed by atoms with E-state index in [1.165, 1.54) is 0 Å². The number of pyridine rings is 1. The maximum Gasteiger partial charge on any atom is 0.260 e. The lowest BCUT2D eigenvalue weighted by Crippen LogP contribution is -2.35. The van der Waals surface area contributed by atoms with Gasteiger partial charge in [-0.15, -0.1) is 0 Å². The second-order valence-corrected chi connectivity index (χ2v) is 5.49. The van der Waals surface area contributed by atoms with Crippen LogP contribution in [0.1, 0.15) is 28.8 Å². The van der Waals surface area contributed by atoms with Gasteiger partial charge in [-0.05, 0) is 47.4 Å². The lowest BCUT2D eigenvalue weighted by atomic mass is 10.2. The molecule has 1 aliphatic carbocycles. The minimum atomic E-state index is -0.316. The van der Waals surface area contributed by atoms with Crippen molar-refractivity contribution in [1.29, 1.82) is 0 Å². The van der Waals surface area contributed by atoms with Crippen LogP contribution >= 0.6 is 11.3 Å². The highest BCUT2D eigenvalue weighted by Gasteiger charge is 2.33. The number of amides is 1. The van der Waals surface area contributed by atoms with E-state index in [0.717, 1.165) is 18.4 Å². The predicted molar refractivity (Wildman–Crippen MR) is 74.3 cm³/mol. The van der Waals surface area contributed by atoms with Gasteiger partial charge in [0.25, 0.3) is 11.5 Å². The summed E-state index contributed by atoms with van der Waals surface area (Å²) in [6.07, 6.45) is 3.60.